The van der Waals surface area contributed by atoms with Crippen molar-refractivity contribution in [1.82, 2.24) is 0 Å². The summed E-state index contributed by atoms with van der Waals surface area (Å²) in [7, 11) is 0. The lowest BCUT2D eigenvalue weighted by atomic mass is 10.0. The van der Waals surface area contributed by atoms with E-state index in [-0.39, 0.29) is 0 Å². The van der Waals surface area contributed by atoms with Gasteiger partial charge in [-0.05, 0) is 24.0 Å². The zero-order chi connectivity index (χ0) is 13.9. The summed E-state index contributed by atoms with van der Waals surface area (Å²) >= 11 is 0. The van der Waals surface area contributed by atoms with Crippen LogP contribution in [0.5, 0.6) is 0 Å². The molecule has 2 nitrogen and oxygen atoms in total. The fourth-order valence-electron chi connectivity index (χ4n) is 1.91. The van der Waals surface area contributed by atoms with Crippen LogP contribution in [0.3, 0.4) is 0 Å². The van der Waals surface area contributed by atoms with E-state index >= 15 is 0 Å². The number of carbonyl (C=O) groups is 1. The predicted molar refractivity (Wildman–Crippen MR) is 81.5 cm³/mol. The van der Waals surface area contributed by atoms with E-state index in [0.29, 0.717) is 0 Å². The van der Waals surface area contributed by atoms with Crippen LogP contribution in [0.1, 0.15) is 44.6 Å². The topological polar surface area (TPSA) is 43.1 Å². The van der Waals surface area contributed by atoms with Crippen LogP contribution in [-0.4, -0.2) is 5.91 Å². The molecule has 0 spiro atoms. The van der Waals surface area contributed by atoms with E-state index in [9.17, 15) is 4.79 Å². The first-order chi connectivity index (χ1) is 9.22. The van der Waals surface area contributed by atoms with Gasteiger partial charge in [-0.25, -0.2) is 0 Å². The first-order valence-corrected chi connectivity index (χ1v) is 6.95. The summed E-state index contributed by atoms with van der Waals surface area (Å²) in [6, 6.07) is 10.1. The normalized spacial score (nSPS) is 11.9. The second-order valence-electron chi connectivity index (χ2n) is 4.68. The third-order valence-corrected chi connectivity index (χ3v) is 2.93. The average molecular weight is 257 g/mol. The highest BCUT2D eigenvalue weighted by Crippen LogP contribution is 2.15. The number of carbonyl (C=O) groups excluding carboxylic acids is 1. The van der Waals surface area contributed by atoms with E-state index in [4.69, 9.17) is 5.73 Å². The van der Waals surface area contributed by atoms with Gasteiger partial charge in [0.05, 0.1) is 0 Å². The van der Waals surface area contributed by atoms with E-state index in [0.717, 1.165) is 24.0 Å². The largest absolute Gasteiger partial charge is 0.366 e. The molecule has 0 heterocycles. The first kappa shape index (κ1) is 15.2. The Labute approximate surface area is 116 Å². The lowest BCUT2D eigenvalue weighted by molar-refractivity contribution is -0.113. The highest BCUT2D eigenvalue weighted by atomic mass is 16.1. The molecule has 1 amide bonds. The highest BCUT2D eigenvalue weighted by Gasteiger charge is 1.96. The van der Waals surface area contributed by atoms with Crippen molar-refractivity contribution in [2.75, 3.05) is 0 Å². The Morgan fingerprint density at radius 3 is 2.47 bits per heavy atom. The molecule has 0 aliphatic rings. The molecule has 0 aromatic heterocycles. The monoisotopic (exact) mass is 257 g/mol. The van der Waals surface area contributed by atoms with Gasteiger partial charge in [0, 0.05) is 6.08 Å². The zero-order valence-corrected chi connectivity index (χ0v) is 11.6. The molecule has 0 unspecified atom stereocenters. The van der Waals surface area contributed by atoms with E-state index < -0.39 is 5.91 Å². The van der Waals surface area contributed by atoms with Crippen LogP contribution in [0.15, 0.2) is 48.1 Å². The highest BCUT2D eigenvalue weighted by molar-refractivity contribution is 5.86. The van der Waals surface area contributed by atoms with Gasteiger partial charge < -0.3 is 5.73 Å². The SMILES string of the molecule is CCCCCCC(/C=C/C(N)=O)=C\c1ccccc1. The molecule has 0 saturated heterocycles. The number of primary amides is 1. The van der Waals surface area contributed by atoms with Gasteiger partial charge in [-0.2, -0.15) is 0 Å². The maximum Gasteiger partial charge on any atom is 0.241 e. The molecular weight excluding hydrogens is 234 g/mol. The second-order valence-corrected chi connectivity index (χ2v) is 4.68. The Morgan fingerprint density at radius 1 is 1.11 bits per heavy atom. The van der Waals surface area contributed by atoms with Crippen LogP contribution in [0.4, 0.5) is 0 Å². The van der Waals surface area contributed by atoms with Gasteiger partial charge in [-0.15, -0.1) is 0 Å². The minimum absolute atomic E-state index is 0.396. The molecule has 0 bridgehead atoms. The summed E-state index contributed by atoms with van der Waals surface area (Å²) in [4.78, 5) is 10.8. The Bertz CT molecular complexity index is 432. The average Bonchev–Trinajstić information content (AvgIpc) is 2.41. The van der Waals surface area contributed by atoms with Gasteiger partial charge >= 0.3 is 0 Å². The van der Waals surface area contributed by atoms with Crippen molar-refractivity contribution in [3.05, 3.63) is 53.6 Å². The Kier molecular flexibility index (Phi) is 7.33. The standard InChI is InChI=1S/C17H23NO/c1-2-3-4-6-11-16(12-13-17(18)19)14-15-9-7-5-8-10-15/h5,7-10,12-14H,2-4,6,11H2,1H3,(H2,18,19)/b13-12+,16-14+. The molecule has 0 saturated carbocycles. The summed E-state index contributed by atoms with van der Waals surface area (Å²) in [6.07, 6.45) is 11.2. The number of unbranched alkanes of at least 4 members (excludes halogenated alkanes) is 3. The number of hydrogen-bond donors (Lipinski definition) is 1. The van der Waals surface area contributed by atoms with Crippen molar-refractivity contribution < 1.29 is 4.79 Å². The van der Waals surface area contributed by atoms with Crippen LogP contribution in [0, 0.1) is 0 Å². The number of amides is 1. The maximum absolute atomic E-state index is 10.8. The minimum Gasteiger partial charge on any atom is -0.366 e. The number of rotatable bonds is 8. The minimum atomic E-state index is -0.396. The zero-order valence-electron chi connectivity index (χ0n) is 11.6. The predicted octanol–water partition coefficient (Wildman–Crippen LogP) is 4.08. The van der Waals surface area contributed by atoms with E-state index in [1.165, 1.54) is 25.3 Å². The molecule has 0 aliphatic carbocycles. The van der Waals surface area contributed by atoms with Crippen molar-refractivity contribution >= 4 is 12.0 Å². The van der Waals surface area contributed by atoms with E-state index in [2.05, 4.69) is 25.1 Å². The number of allylic oxidation sites excluding steroid dienone is 2. The Hall–Kier alpha value is -1.83. The fraction of sp³-hybridized carbons (Fsp3) is 0.353. The number of hydrogen-bond acceptors (Lipinski definition) is 1. The molecule has 0 atom stereocenters. The molecule has 102 valence electrons. The fourth-order valence-corrected chi connectivity index (χ4v) is 1.91. The maximum atomic E-state index is 10.8. The van der Waals surface area contributed by atoms with Gasteiger partial charge in [0.2, 0.25) is 5.91 Å². The molecule has 0 radical (unpaired) electrons. The molecule has 2 N–H and O–H groups in total. The summed E-state index contributed by atoms with van der Waals surface area (Å²) < 4.78 is 0. The summed E-state index contributed by atoms with van der Waals surface area (Å²) in [5.41, 5.74) is 7.47. The Morgan fingerprint density at radius 2 is 1.84 bits per heavy atom. The van der Waals surface area contributed by atoms with Crippen molar-refractivity contribution in [2.24, 2.45) is 5.73 Å². The lowest BCUT2D eigenvalue weighted by Crippen LogP contribution is -2.05. The molecule has 0 fully saturated rings. The summed E-state index contributed by atoms with van der Waals surface area (Å²) in [6.45, 7) is 2.20. The summed E-state index contributed by atoms with van der Waals surface area (Å²) in [5.74, 6) is -0.396. The third-order valence-electron chi connectivity index (χ3n) is 2.93. The van der Waals surface area contributed by atoms with Crippen molar-refractivity contribution in [2.45, 2.75) is 39.0 Å². The first-order valence-electron chi connectivity index (χ1n) is 6.95. The van der Waals surface area contributed by atoms with Crippen LogP contribution >= 0.6 is 0 Å². The Balaban J connectivity index is 2.68. The molecular formula is C17H23NO. The van der Waals surface area contributed by atoms with Gasteiger partial charge in [0.1, 0.15) is 0 Å². The van der Waals surface area contributed by atoms with Gasteiger partial charge in [-0.3, -0.25) is 4.79 Å². The van der Waals surface area contributed by atoms with E-state index in [1.807, 2.05) is 24.3 Å². The van der Waals surface area contributed by atoms with Gasteiger partial charge in [0.15, 0.2) is 0 Å². The third kappa shape index (κ3) is 7.24. The van der Waals surface area contributed by atoms with Crippen LogP contribution < -0.4 is 5.73 Å². The van der Waals surface area contributed by atoms with Gasteiger partial charge in [-0.1, -0.05) is 68.7 Å². The molecule has 0 aliphatic heterocycles. The van der Waals surface area contributed by atoms with Crippen molar-refractivity contribution in [3.8, 4) is 0 Å². The summed E-state index contributed by atoms with van der Waals surface area (Å²) in [5, 5.41) is 0. The molecule has 2 heteroatoms. The van der Waals surface area contributed by atoms with E-state index in [1.54, 1.807) is 0 Å². The smallest absolute Gasteiger partial charge is 0.241 e. The number of benzene rings is 1. The number of nitrogens with two attached hydrogens (primary N) is 1. The van der Waals surface area contributed by atoms with Crippen molar-refractivity contribution in [3.63, 3.8) is 0 Å². The van der Waals surface area contributed by atoms with Crippen LogP contribution in [0.2, 0.25) is 0 Å². The molecule has 19 heavy (non-hydrogen) atoms. The molecule has 1 aromatic carbocycles. The lowest BCUT2D eigenvalue weighted by Gasteiger charge is -2.03. The second kappa shape index (κ2) is 9.15. The van der Waals surface area contributed by atoms with Crippen LogP contribution in [0.25, 0.3) is 6.08 Å². The quantitative estimate of drug-likeness (QED) is 0.425. The van der Waals surface area contributed by atoms with Gasteiger partial charge in [0.25, 0.3) is 0 Å². The van der Waals surface area contributed by atoms with Crippen molar-refractivity contribution in [1.29, 1.82) is 0 Å². The van der Waals surface area contributed by atoms with Crippen LogP contribution in [-0.2, 0) is 4.79 Å². The molecule has 1 aromatic rings. The molecule has 1 rings (SSSR count).